The molecule has 3 heteroatoms. The zero-order chi connectivity index (χ0) is 24.0. The molecule has 5 aromatic rings. The molecule has 1 aliphatic rings. The maximum absolute atomic E-state index is 6.62. The molecule has 2 heterocycles. The standard InChI is InChI=1S/C31H33N2O/c1-18-14-23-22-15-20-10-8-9-11-21(20)16-25(22)34-27(23)26(19(18)2)29-32-28-24(17-33(29)7)30(3,4)12-13-31(28,5)6/h8-11,14-17H,12-13H2,1-7H3/q+1. The first kappa shape index (κ1) is 21.3. The van der Waals surface area contributed by atoms with Gasteiger partial charge < -0.3 is 4.42 Å². The highest BCUT2D eigenvalue weighted by molar-refractivity contribution is 6.13. The van der Waals surface area contributed by atoms with Gasteiger partial charge in [-0.05, 0) is 77.2 Å². The van der Waals surface area contributed by atoms with E-state index in [1.807, 2.05) is 0 Å². The Balaban J connectivity index is 1.71. The lowest BCUT2D eigenvalue weighted by atomic mass is 9.65. The molecule has 1 aliphatic carbocycles. The van der Waals surface area contributed by atoms with Crippen LogP contribution in [0.5, 0.6) is 0 Å². The Hall–Kier alpha value is -3.20. The summed E-state index contributed by atoms with van der Waals surface area (Å²) >= 11 is 0. The molecule has 0 unspecified atom stereocenters. The van der Waals surface area contributed by atoms with Gasteiger partial charge in [0, 0.05) is 21.8 Å². The van der Waals surface area contributed by atoms with E-state index in [1.165, 1.54) is 45.0 Å². The van der Waals surface area contributed by atoms with Crippen LogP contribution in [0.25, 0.3) is 44.1 Å². The molecular formula is C31H33N2O+. The fourth-order valence-electron chi connectivity index (χ4n) is 5.77. The summed E-state index contributed by atoms with van der Waals surface area (Å²) in [5, 5.41) is 4.77. The molecule has 0 aliphatic heterocycles. The third kappa shape index (κ3) is 2.95. The quantitative estimate of drug-likeness (QED) is 0.247. The summed E-state index contributed by atoms with van der Waals surface area (Å²) in [5.41, 5.74) is 8.25. The highest BCUT2D eigenvalue weighted by Crippen LogP contribution is 2.46. The van der Waals surface area contributed by atoms with E-state index in [0.29, 0.717) is 0 Å². The molecule has 0 amide bonds. The van der Waals surface area contributed by atoms with E-state index in [4.69, 9.17) is 9.40 Å². The number of hydrogen-bond donors (Lipinski definition) is 0. The van der Waals surface area contributed by atoms with Crippen molar-refractivity contribution in [1.82, 2.24) is 4.98 Å². The minimum Gasteiger partial charge on any atom is -0.455 e. The minimum absolute atomic E-state index is 0.0519. The zero-order valence-electron chi connectivity index (χ0n) is 21.3. The number of furan rings is 1. The third-order valence-corrected chi connectivity index (χ3v) is 8.25. The van der Waals surface area contributed by atoms with E-state index in [1.54, 1.807) is 0 Å². The van der Waals surface area contributed by atoms with E-state index >= 15 is 0 Å². The van der Waals surface area contributed by atoms with Crippen LogP contribution >= 0.6 is 0 Å². The van der Waals surface area contributed by atoms with Gasteiger partial charge in [-0.15, -0.1) is 0 Å². The molecule has 34 heavy (non-hydrogen) atoms. The molecular weight excluding hydrogens is 416 g/mol. The van der Waals surface area contributed by atoms with Crippen LogP contribution < -0.4 is 4.57 Å². The topological polar surface area (TPSA) is 29.9 Å². The zero-order valence-corrected chi connectivity index (χ0v) is 21.3. The van der Waals surface area contributed by atoms with E-state index in [9.17, 15) is 0 Å². The fourth-order valence-corrected chi connectivity index (χ4v) is 5.77. The molecule has 0 bridgehead atoms. The van der Waals surface area contributed by atoms with Gasteiger partial charge in [0.1, 0.15) is 11.1 Å². The average Bonchev–Trinajstić information content (AvgIpc) is 3.13. The average molecular weight is 450 g/mol. The van der Waals surface area contributed by atoms with Crippen molar-refractivity contribution in [2.45, 2.75) is 65.2 Å². The van der Waals surface area contributed by atoms with Crippen LogP contribution in [0.1, 0.15) is 62.9 Å². The molecule has 0 N–H and O–H groups in total. The lowest BCUT2D eigenvalue weighted by molar-refractivity contribution is -0.663. The highest BCUT2D eigenvalue weighted by atomic mass is 16.3. The second-order valence-corrected chi connectivity index (χ2v) is 11.6. The van der Waals surface area contributed by atoms with E-state index in [2.05, 4.69) is 102 Å². The van der Waals surface area contributed by atoms with Crippen molar-refractivity contribution in [1.29, 1.82) is 0 Å². The summed E-state index contributed by atoms with van der Waals surface area (Å²) in [6.07, 6.45) is 4.65. The Labute approximate surface area is 201 Å². The summed E-state index contributed by atoms with van der Waals surface area (Å²) in [6.45, 7) is 13.8. The second-order valence-electron chi connectivity index (χ2n) is 11.6. The van der Waals surface area contributed by atoms with Crippen LogP contribution in [-0.2, 0) is 17.9 Å². The van der Waals surface area contributed by atoms with Gasteiger partial charge in [-0.2, -0.15) is 0 Å². The molecule has 172 valence electrons. The number of aromatic nitrogens is 2. The molecule has 3 aromatic carbocycles. The number of rotatable bonds is 1. The van der Waals surface area contributed by atoms with Crippen molar-refractivity contribution in [3.05, 3.63) is 71.0 Å². The largest absolute Gasteiger partial charge is 0.455 e. The van der Waals surface area contributed by atoms with Crippen molar-refractivity contribution in [3.63, 3.8) is 0 Å². The predicted octanol–water partition coefficient (Wildman–Crippen LogP) is 7.59. The van der Waals surface area contributed by atoms with Gasteiger partial charge in [0.05, 0.1) is 13.2 Å². The van der Waals surface area contributed by atoms with Gasteiger partial charge in [0.25, 0.3) is 0 Å². The molecule has 2 aromatic heterocycles. The Morgan fingerprint density at radius 1 is 0.882 bits per heavy atom. The molecule has 3 nitrogen and oxygen atoms in total. The van der Waals surface area contributed by atoms with Crippen LogP contribution in [0.3, 0.4) is 0 Å². The Morgan fingerprint density at radius 2 is 1.56 bits per heavy atom. The van der Waals surface area contributed by atoms with E-state index in [-0.39, 0.29) is 10.8 Å². The van der Waals surface area contributed by atoms with Crippen molar-refractivity contribution in [2.75, 3.05) is 0 Å². The van der Waals surface area contributed by atoms with Crippen molar-refractivity contribution < 1.29 is 8.98 Å². The van der Waals surface area contributed by atoms with Crippen LogP contribution in [0, 0.1) is 13.8 Å². The molecule has 6 rings (SSSR count). The smallest absolute Gasteiger partial charge is 0.334 e. The number of nitrogens with zero attached hydrogens (tertiary/aromatic N) is 2. The molecule has 0 atom stereocenters. The third-order valence-electron chi connectivity index (χ3n) is 8.25. The minimum atomic E-state index is 0.0519. The second kappa shape index (κ2) is 6.91. The number of benzene rings is 3. The predicted molar refractivity (Wildman–Crippen MR) is 140 cm³/mol. The summed E-state index contributed by atoms with van der Waals surface area (Å²) in [7, 11) is 2.13. The van der Waals surface area contributed by atoms with Crippen molar-refractivity contribution in [2.24, 2.45) is 7.05 Å². The lowest BCUT2D eigenvalue weighted by Gasteiger charge is -2.37. The van der Waals surface area contributed by atoms with Gasteiger partial charge >= 0.3 is 5.82 Å². The number of fused-ring (bicyclic) bond motifs is 5. The summed E-state index contributed by atoms with van der Waals surface area (Å²) in [5.74, 6) is 0.985. The fraction of sp³-hybridized carbons (Fsp3) is 0.355. The van der Waals surface area contributed by atoms with Gasteiger partial charge in [0.15, 0.2) is 11.3 Å². The van der Waals surface area contributed by atoms with Crippen LogP contribution in [-0.4, -0.2) is 4.98 Å². The SMILES string of the molecule is Cc1cc2c(oc3cc4ccccc4cc32)c(-c2nc3c(c[n+]2C)C(C)(C)CCC3(C)C)c1C. The molecule has 0 saturated carbocycles. The lowest BCUT2D eigenvalue weighted by Crippen LogP contribution is -2.42. The molecule has 0 radical (unpaired) electrons. The van der Waals surface area contributed by atoms with Gasteiger partial charge in [0.2, 0.25) is 0 Å². The Kier molecular flexibility index (Phi) is 4.34. The number of aryl methyl sites for hydroxylation is 2. The van der Waals surface area contributed by atoms with Gasteiger partial charge in [-0.1, -0.05) is 52.0 Å². The molecule has 0 spiro atoms. The van der Waals surface area contributed by atoms with Gasteiger partial charge in [-0.3, -0.25) is 0 Å². The molecule has 0 fully saturated rings. The monoisotopic (exact) mass is 449 g/mol. The maximum atomic E-state index is 6.62. The first-order valence-electron chi connectivity index (χ1n) is 12.3. The first-order valence-corrected chi connectivity index (χ1v) is 12.3. The van der Waals surface area contributed by atoms with E-state index in [0.717, 1.165) is 34.4 Å². The van der Waals surface area contributed by atoms with Crippen LogP contribution in [0.4, 0.5) is 0 Å². The first-order chi connectivity index (χ1) is 16.1. The van der Waals surface area contributed by atoms with Crippen molar-refractivity contribution in [3.8, 4) is 11.4 Å². The summed E-state index contributed by atoms with van der Waals surface area (Å²) in [4.78, 5) is 5.41. The molecule has 0 saturated heterocycles. The van der Waals surface area contributed by atoms with Gasteiger partial charge in [-0.25, -0.2) is 4.57 Å². The Morgan fingerprint density at radius 3 is 2.29 bits per heavy atom. The van der Waals surface area contributed by atoms with E-state index < -0.39 is 0 Å². The van der Waals surface area contributed by atoms with Crippen LogP contribution in [0.15, 0.2) is 53.1 Å². The highest BCUT2D eigenvalue weighted by Gasteiger charge is 2.43. The maximum Gasteiger partial charge on any atom is 0.334 e. The van der Waals surface area contributed by atoms with Crippen molar-refractivity contribution >= 4 is 32.7 Å². The van der Waals surface area contributed by atoms with Crippen LogP contribution in [0.2, 0.25) is 0 Å². The number of hydrogen-bond acceptors (Lipinski definition) is 2. The summed E-state index contributed by atoms with van der Waals surface area (Å²) in [6, 6.07) is 15.2. The Bertz CT molecular complexity index is 1640. The normalized spacial score (nSPS) is 16.9. The summed E-state index contributed by atoms with van der Waals surface area (Å²) < 4.78 is 8.84.